The Balaban J connectivity index is 1.67. The molecule has 0 aliphatic rings. The summed E-state index contributed by atoms with van der Waals surface area (Å²) in [4.78, 5) is 25.2. The monoisotopic (exact) mass is 405 g/mol. The number of carbonyl (C=O) groups excluding carboxylic acids is 2. The second-order valence-electron chi connectivity index (χ2n) is 7.46. The van der Waals surface area contributed by atoms with Crippen molar-refractivity contribution in [2.24, 2.45) is 0 Å². The number of benzene rings is 2. The van der Waals surface area contributed by atoms with Crippen LogP contribution in [0.25, 0.3) is 0 Å². The number of amides is 2. The number of rotatable bonds is 6. The average Bonchev–Trinajstić information content (AvgIpc) is 3.03. The van der Waals surface area contributed by atoms with Crippen molar-refractivity contribution in [3.05, 3.63) is 77.1 Å². The first kappa shape index (κ1) is 21.2. The van der Waals surface area contributed by atoms with E-state index in [1.165, 1.54) is 0 Å². The number of aromatic nitrogens is 1. The van der Waals surface area contributed by atoms with E-state index < -0.39 is 0 Å². The number of carbonyl (C=O) groups is 2. The molecule has 3 rings (SSSR count). The number of nitrogens with zero attached hydrogens (tertiary/aromatic N) is 1. The number of aryl methyl sites for hydroxylation is 1. The molecule has 1 aromatic heterocycles. The van der Waals surface area contributed by atoms with Crippen molar-refractivity contribution < 1.29 is 14.3 Å². The quantitative estimate of drug-likeness (QED) is 0.592. The second kappa shape index (κ2) is 8.86. The Morgan fingerprint density at radius 3 is 1.90 bits per heavy atom. The lowest BCUT2D eigenvalue weighted by molar-refractivity contribution is 0.101. The molecule has 0 radical (unpaired) electrons. The van der Waals surface area contributed by atoms with Gasteiger partial charge in [0.2, 0.25) is 0 Å². The zero-order chi connectivity index (χ0) is 21.8. The molecule has 0 saturated heterocycles. The molecule has 6 nitrogen and oxygen atoms in total. The lowest BCUT2D eigenvalue weighted by Crippen LogP contribution is -2.15. The molecular formula is C24H27N3O3. The highest BCUT2D eigenvalue weighted by molar-refractivity contribution is 6.06. The fourth-order valence-corrected chi connectivity index (χ4v) is 3.58. The highest BCUT2D eigenvalue weighted by atomic mass is 16.5. The van der Waals surface area contributed by atoms with Crippen LogP contribution in [0, 0.1) is 13.8 Å². The van der Waals surface area contributed by atoms with Gasteiger partial charge in [-0.15, -0.1) is 0 Å². The Morgan fingerprint density at radius 2 is 1.40 bits per heavy atom. The molecule has 2 amide bonds. The molecule has 1 heterocycles. The van der Waals surface area contributed by atoms with E-state index >= 15 is 0 Å². The minimum atomic E-state index is -0.224. The maximum absolute atomic E-state index is 12.7. The van der Waals surface area contributed by atoms with Crippen LogP contribution in [0.5, 0.6) is 5.75 Å². The topological polar surface area (TPSA) is 72.4 Å². The van der Waals surface area contributed by atoms with Crippen molar-refractivity contribution in [2.45, 2.75) is 33.7 Å². The van der Waals surface area contributed by atoms with Crippen LogP contribution in [0.4, 0.5) is 11.4 Å². The normalized spacial score (nSPS) is 10.7. The van der Waals surface area contributed by atoms with E-state index in [2.05, 4.69) is 29.0 Å². The van der Waals surface area contributed by atoms with E-state index in [4.69, 9.17) is 4.74 Å². The van der Waals surface area contributed by atoms with Gasteiger partial charge in [-0.05, 0) is 82.3 Å². The number of nitrogens with one attached hydrogen (secondary N) is 2. The summed E-state index contributed by atoms with van der Waals surface area (Å²) in [6, 6.07) is 16.1. The standard InChI is InChI=1S/C24H27N3O3/c1-15(2)27-16(3)14-22(17(27)4)24(29)26-19-8-6-18(7-9-19)23(28)25-20-10-12-21(30-5)13-11-20/h6-15H,1-5H3,(H,25,28)(H,26,29). The average molecular weight is 405 g/mol. The predicted molar refractivity (Wildman–Crippen MR) is 120 cm³/mol. The summed E-state index contributed by atoms with van der Waals surface area (Å²) in [5.41, 5.74) is 4.46. The molecule has 2 N–H and O–H groups in total. The van der Waals surface area contributed by atoms with Gasteiger partial charge in [0, 0.05) is 34.4 Å². The first-order valence-electron chi connectivity index (χ1n) is 9.85. The Labute approximate surface area is 176 Å². The van der Waals surface area contributed by atoms with Crippen LogP contribution < -0.4 is 15.4 Å². The maximum atomic E-state index is 12.7. The number of methoxy groups -OCH3 is 1. The van der Waals surface area contributed by atoms with E-state index in [0.29, 0.717) is 22.5 Å². The number of hydrogen-bond acceptors (Lipinski definition) is 3. The van der Waals surface area contributed by atoms with E-state index in [-0.39, 0.29) is 17.9 Å². The zero-order valence-electron chi connectivity index (χ0n) is 17.9. The minimum Gasteiger partial charge on any atom is -0.497 e. The molecular weight excluding hydrogens is 378 g/mol. The van der Waals surface area contributed by atoms with Crippen molar-refractivity contribution in [3.63, 3.8) is 0 Å². The van der Waals surface area contributed by atoms with Crippen LogP contribution in [0.1, 0.15) is 52.0 Å². The van der Waals surface area contributed by atoms with Crippen LogP contribution in [-0.4, -0.2) is 23.5 Å². The fraction of sp³-hybridized carbons (Fsp3) is 0.250. The van der Waals surface area contributed by atoms with Gasteiger partial charge < -0.3 is 19.9 Å². The SMILES string of the molecule is COc1ccc(NC(=O)c2ccc(NC(=O)c3cc(C)n(C(C)C)c3C)cc2)cc1. The van der Waals surface area contributed by atoms with Crippen molar-refractivity contribution in [3.8, 4) is 5.75 Å². The summed E-state index contributed by atoms with van der Waals surface area (Å²) >= 11 is 0. The van der Waals surface area contributed by atoms with E-state index in [1.54, 1.807) is 55.6 Å². The minimum absolute atomic E-state index is 0.162. The molecule has 0 atom stereocenters. The molecule has 0 aliphatic carbocycles. The van der Waals surface area contributed by atoms with Crippen LogP contribution in [0.2, 0.25) is 0 Å². The molecule has 0 spiro atoms. The van der Waals surface area contributed by atoms with Gasteiger partial charge in [-0.2, -0.15) is 0 Å². The Morgan fingerprint density at radius 1 is 0.867 bits per heavy atom. The van der Waals surface area contributed by atoms with Crippen LogP contribution in [0.15, 0.2) is 54.6 Å². The van der Waals surface area contributed by atoms with Gasteiger partial charge >= 0.3 is 0 Å². The highest BCUT2D eigenvalue weighted by Gasteiger charge is 2.17. The number of hydrogen-bond donors (Lipinski definition) is 2. The van der Waals surface area contributed by atoms with Crippen molar-refractivity contribution in [1.29, 1.82) is 0 Å². The van der Waals surface area contributed by atoms with Gasteiger partial charge in [0.25, 0.3) is 11.8 Å². The number of ether oxygens (including phenoxy) is 1. The van der Waals surface area contributed by atoms with Crippen LogP contribution in [0.3, 0.4) is 0 Å². The fourth-order valence-electron chi connectivity index (χ4n) is 3.58. The Kier molecular flexibility index (Phi) is 6.26. The largest absolute Gasteiger partial charge is 0.497 e. The van der Waals surface area contributed by atoms with Crippen molar-refractivity contribution in [2.75, 3.05) is 17.7 Å². The first-order valence-corrected chi connectivity index (χ1v) is 9.85. The second-order valence-corrected chi connectivity index (χ2v) is 7.46. The lowest BCUT2D eigenvalue weighted by Gasteiger charge is -2.13. The Bertz CT molecular complexity index is 1050. The van der Waals surface area contributed by atoms with E-state index in [0.717, 1.165) is 17.1 Å². The smallest absolute Gasteiger partial charge is 0.257 e. The van der Waals surface area contributed by atoms with E-state index in [1.807, 2.05) is 19.9 Å². The molecule has 0 aliphatic heterocycles. The number of anilines is 2. The van der Waals surface area contributed by atoms with E-state index in [9.17, 15) is 9.59 Å². The molecule has 0 saturated carbocycles. The first-order chi connectivity index (χ1) is 14.3. The summed E-state index contributed by atoms with van der Waals surface area (Å²) in [6.45, 7) is 8.14. The third kappa shape index (κ3) is 4.54. The molecule has 30 heavy (non-hydrogen) atoms. The van der Waals surface area contributed by atoms with Crippen molar-refractivity contribution >= 4 is 23.2 Å². The molecule has 0 bridgehead atoms. The van der Waals surface area contributed by atoms with Crippen LogP contribution in [-0.2, 0) is 0 Å². The lowest BCUT2D eigenvalue weighted by atomic mass is 10.1. The summed E-state index contributed by atoms with van der Waals surface area (Å²) in [5.74, 6) is 0.339. The summed E-state index contributed by atoms with van der Waals surface area (Å²) < 4.78 is 7.25. The van der Waals surface area contributed by atoms with Gasteiger partial charge in [-0.1, -0.05) is 0 Å². The Hall–Kier alpha value is -3.54. The molecule has 6 heteroatoms. The molecule has 156 valence electrons. The van der Waals surface area contributed by atoms with Gasteiger partial charge in [-0.3, -0.25) is 9.59 Å². The molecule has 0 unspecified atom stereocenters. The third-order valence-corrected chi connectivity index (χ3v) is 5.00. The zero-order valence-corrected chi connectivity index (χ0v) is 17.9. The van der Waals surface area contributed by atoms with Crippen LogP contribution >= 0.6 is 0 Å². The van der Waals surface area contributed by atoms with Crippen molar-refractivity contribution in [1.82, 2.24) is 4.57 Å². The molecule has 3 aromatic rings. The summed E-state index contributed by atoms with van der Waals surface area (Å²) in [7, 11) is 1.59. The predicted octanol–water partition coefficient (Wildman–Crippen LogP) is 5.20. The molecule has 0 fully saturated rings. The highest BCUT2D eigenvalue weighted by Crippen LogP contribution is 2.22. The molecule has 2 aromatic carbocycles. The summed E-state index contributed by atoms with van der Waals surface area (Å²) in [6.07, 6.45) is 0. The van der Waals surface area contributed by atoms with Gasteiger partial charge in [-0.25, -0.2) is 0 Å². The van der Waals surface area contributed by atoms with Gasteiger partial charge in [0.15, 0.2) is 0 Å². The third-order valence-electron chi connectivity index (χ3n) is 5.00. The summed E-state index contributed by atoms with van der Waals surface area (Å²) in [5, 5.41) is 5.75. The van der Waals surface area contributed by atoms with Gasteiger partial charge in [0.1, 0.15) is 5.75 Å². The maximum Gasteiger partial charge on any atom is 0.257 e. The van der Waals surface area contributed by atoms with Gasteiger partial charge in [0.05, 0.1) is 12.7 Å².